The Kier molecular flexibility index (Phi) is 4.37. The van der Waals surface area contributed by atoms with E-state index < -0.39 is 0 Å². The molecule has 0 aromatic rings. The molecular formula is C18H35N3. The molecule has 0 radical (unpaired) electrons. The Morgan fingerprint density at radius 1 is 0.810 bits per heavy atom. The topological polar surface area (TPSA) is 9.72 Å². The number of nitrogens with zero attached hydrogens (tertiary/aromatic N) is 3. The molecule has 3 rings (SSSR count). The summed E-state index contributed by atoms with van der Waals surface area (Å²) in [6.07, 6.45) is 2.85. The average Bonchev–Trinajstić information content (AvgIpc) is 2.28. The molecule has 3 saturated heterocycles. The molecule has 0 amide bonds. The molecule has 3 aliphatic rings. The maximum atomic E-state index is 2.77. The highest BCUT2D eigenvalue weighted by Gasteiger charge is 2.43. The Bertz CT molecular complexity index is 340. The van der Waals surface area contributed by atoms with Gasteiger partial charge in [-0.05, 0) is 58.5 Å². The maximum Gasteiger partial charge on any atom is 0.0352 e. The number of hydrogen-bond donors (Lipinski definition) is 0. The van der Waals surface area contributed by atoms with Gasteiger partial charge in [-0.25, -0.2) is 0 Å². The summed E-state index contributed by atoms with van der Waals surface area (Å²) >= 11 is 0. The van der Waals surface area contributed by atoms with Crippen LogP contribution in [0.3, 0.4) is 0 Å². The summed E-state index contributed by atoms with van der Waals surface area (Å²) in [5, 5.41) is 0. The van der Waals surface area contributed by atoms with Crippen molar-refractivity contribution in [2.75, 3.05) is 39.3 Å². The van der Waals surface area contributed by atoms with Crippen molar-refractivity contribution in [1.29, 1.82) is 0 Å². The lowest BCUT2D eigenvalue weighted by Gasteiger charge is -2.57. The molecule has 3 heteroatoms. The summed E-state index contributed by atoms with van der Waals surface area (Å²) in [6.45, 7) is 19.7. The van der Waals surface area contributed by atoms with Gasteiger partial charge in [0, 0.05) is 43.8 Å². The largest absolute Gasteiger partial charge is 0.298 e. The predicted molar refractivity (Wildman–Crippen MR) is 89.6 cm³/mol. The van der Waals surface area contributed by atoms with E-state index >= 15 is 0 Å². The van der Waals surface area contributed by atoms with Crippen molar-refractivity contribution in [1.82, 2.24) is 14.7 Å². The van der Waals surface area contributed by atoms with Gasteiger partial charge >= 0.3 is 0 Å². The van der Waals surface area contributed by atoms with Gasteiger partial charge in [-0.15, -0.1) is 0 Å². The molecule has 3 heterocycles. The molecular weight excluding hydrogens is 258 g/mol. The number of likely N-dealkylation sites (tertiary alicyclic amines) is 3. The molecule has 0 aromatic heterocycles. The van der Waals surface area contributed by atoms with Crippen molar-refractivity contribution in [3.8, 4) is 0 Å². The van der Waals surface area contributed by atoms with Crippen molar-refractivity contribution in [3.05, 3.63) is 0 Å². The summed E-state index contributed by atoms with van der Waals surface area (Å²) in [5.41, 5.74) is 0.361. The van der Waals surface area contributed by atoms with Gasteiger partial charge in [-0.1, -0.05) is 13.8 Å². The van der Waals surface area contributed by atoms with E-state index in [0.29, 0.717) is 5.54 Å². The summed E-state index contributed by atoms with van der Waals surface area (Å²) in [6, 6.07) is 1.70. The third-order valence-corrected chi connectivity index (χ3v) is 6.25. The molecule has 122 valence electrons. The lowest BCUT2D eigenvalue weighted by molar-refractivity contribution is -0.0814. The first-order chi connectivity index (χ1) is 9.84. The Morgan fingerprint density at radius 2 is 1.33 bits per heavy atom. The minimum absolute atomic E-state index is 0.361. The van der Waals surface area contributed by atoms with Crippen LogP contribution in [0.2, 0.25) is 0 Å². The van der Waals surface area contributed by atoms with Gasteiger partial charge in [-0.3, -0.25) is 14.7 Å². The Morgan fingerprint density at radius 3 is 1.81 bits per heavy atom. The zero-order chi connectivity index (χ0) is 15.2. The second-order valence-corrected chi connectivity index (χ2v) is 8.95. The molecule has 0 unspecified atom stereocenters. The van der Waals surface area contributed by atoms with Crippen LogP contribution in [0, 0.1) is 11.8 Å². The van der Waals surface area contributed by atoms with E-state index in [1.807, 2.05) is 0 Å². The molecule has 0 bridgehead atoms. The van der Waals surface area contributed by atoms with Crippen LogP contribution in [0.1, 0.15) is 47.5 Å². The van der Waals surface area contributed by atoms with E-state index in [1.54, 1.807) is 0 Å². The highest BCUT2D eigenvalue weighted by atomic mass is 15.4. The van der Waals surface area contributed by atoms with Crippen LogP contribution in [-0.4, -0.2) is 71.6 Å². The quantitative estimate of drug-likeness (QED) is 0.792. The van der Waals surface area contributed by atoms with Crippen LogP contribution < -0.4 is 0 Å². The van der Waals surface area contributed by atoms with Gasteiger partial charge in [0.1, 0.15) is 0 Å². The molecule has 3 nitrogen and oxygen atoms in total. The van der Waals surface area contributed by atoms with Gasteiger partial charge in [0.15, 0.2) is 0 Å². The Balaban J connectivity index is 1.36. The van der Waals surface area contributed by atoms with Gasteiger partial charge in [0.05, 0.1) is 0 Å². The van der Waals surface area contributed by atoms with Crippen LogP contribution in [-0.2, 0) is 0 Å². The zero-order valence-corrected chi connectivity index (χ0v) is 14.8. The smallest absolute Gasteiger partial charge is 0.0352 e. The molecule has 0 aliphatic carbocycles. The van der Waals surface area contributed by atoms with E-state index in [-0.39, 0.29) is 0 Å². The normalized spacial score (nSPS) is 28.9. The number of rotatable bonds is 3. The summed E-state index contributed by atoms with van der Waals surface area (Å²) in [5.74, 6) is 1.85. The van der Waals surface area contributed by atoms with Crippen LogP contribution >= 0.6 is 0 Å². The highest BCUT2D eigenvalue weighted by Crippen LogP contribution is 2.31. The first-order valence-corrected chi connectivity index (χ1v) is 9.07. The summed E-state index contributed by atoms with van der Waals surface area (Å²) < 4.78 is 0. The number of hydrogen-bond acceptors (Lipinski definition) is 3. The van der Waals surface area contributed by atoms with Gasteiger partial charge in [0.25, 0.3) is 0 Å². The molecule has 0 saturated carbocycles. The average molecular weight is 293 g/mol. The van der Waals surface area contributed by atoms with Crippen molar-refractivity contribution in [2.45, 2.75) is 65.1 Å². The number of piperidine rings is 1. The van der Waals surface area contributed by atoms with Crippen LogP contribution in [0.5, 0.6) is 0 Å². The molecule has 3 aliphatic heterocycles. The lowest BCUT2D eigenvalue weighted by atomic mass is 9.85. The van der Waals surface area contributed by atoms with Crippen molar-refractivity contribution >= 4 is 0 Å². The fraction of sp³-hybridized carbons (Fsp3) is 1.00. The Labute approximate surface area is 131 Å². The lowest BCUT2D eigenvalue weighted by Crippen LogP contribution is -2.72. The van der Waals surface area contributed by atoms with Crippen molar-refractivity contribution < 1.29 is 0 Å². The molecule has 0 atom stereocenters. The standard InChI is InChI=1S/C18H35N3/c1-14(2)15-6-8-19(9-7-15)16-10-20(11-16)17-12-21(13-17)18(3,4)5/h14-17H,6-13H2,1-5H3. The van der Waals surface area contributed by atoms with Crippen LogP contribution in [0.4, 0.5) is 0 Å². The monoisotopic (exact) mass is 293 g/mol. The zero-order valence-electron chi connectivity index (χ0n) is 14.8. The fourth-order valence-corrected chi connectivity index (χ4v) is 4.20. The second-order valence-electron chi connectivity index (χ2n) is 8.95. The third-order valence-electron chi connectivity index (χ3n) is 6.25. The first-order valence-electron chi connectivity index (χ1n) is 9.07. The molecule has 0 spiro atoms. The van der Waals surface area contributed by atoms with E-state index in [0.717, 1.165) is 23.9 Å². The van der Waals surface area contributed by atoms with Crippen molar-refractivity contribution in [2.24, 2.45) is 11.8 Å². The second kappa shape index (κ2) is 5.82. The van der Waals surface area contributed by atoms with Gasteiger partial charge in [0.2, 0.25) is 0 Å². The van der Waals surface area contributed by atoms with E-state index in [1.165, 1.54) is 52.1 Å². The molecule has 3 fully saturated rings. The van der Waals surface area contributed by atoms with Gasteiger partial charge < -0.3 is 0 Å². The SMILES string of the molecule is CC(C)C1CCN(C2CN(C3CN(C(C)(C)C)C3)C2)CC1. The minimum Gasteiger partial charge on any atom is -0.298 e. The van der Waals surface area contributed by atoms with Gasteiger partial charge in [-0.2, -0.15) is 0 Å². The molecule has 21 heavy (non-hydrogen) atoms. The summed E-state index contributed by atoms with van der Waals surface area (Å²) in [7, 11) is 0. The molecule has 0 N–H and O–H groups in total. The fourth-order valence-electron chi connectivity index (χ4n) is 4.20. The Hall–Kier alpha value is -0.120. The van der Waals surface area contributed by atoms with Crippen molar-refractivity contribution in [3.63, 3.8) is 0 Å². The van der Waals surface area contributed by atoms with E-state index in [4.69, 9.17) is 0 Å². The van der Waals surface area contributed by atoms with E-state index in [2.05, 4.69) is 49.3 Å². The first kappa shape index (κ1) is 15.8. The van der Waals surface area contributed by atoms with Crippen LogP contribution in [0.25, 0.3) is 0 Å². The third kappa shape index (κ3) is 3.30. The molecule has 0 aromatic carbocycles. The van der Waals surface area contributed by atoms with E-state index in [9.17, 15) is 0 Å². The maximum absolute atomic E-state index is 2.77. The predicted octanol–water partition coefficient (Wildman–Crippen LogP) is 2.52. The van der Waals surface area contributed by atoms with Crippen LogP contribution in [0.15, 0.2) is 0 Å². The highest BCUT2D eigenvalue weighted by molar-refractivity contribution is 5.00. The minimum atomic E-state index is 0.361. The summed E-state index contributed by atoms with van der Waals surface area (Å²) in [4.78, 5) is 8.11.